The van der Waals surface area contributed by atoms with Gasteiger partial charge in [0, 0.05) is 50.0 Å². The fraction of sp³-hybridized carbons (Fsp3) is 0.485. The Morgan fingerprint density at radius 3 is 2.38 bits per heavy atom. The summed E-state index contributed by atoms with van der Waals surface area (Å²) in [5.41, 5.74) is 3.97. The molecule has 0 saturated heterocycles. The summed E-state index contributed by atoms with van der Waals surface area (Å²) in [4.78, 5) is 48.8. The minimum absolute atomic E-state index is 0.0460. The van der Waals surface area contributed by atoms with E-state index in [0.717, 1.165) is 60.2 Å². The van der Waals surface area contributed by atoms with Gasteiger partial charge in [0.25, 0.3) is 0 Å². The molecule has 1 aliphatic heterocycles. The summed E-state index contributed by atoms with van der Waals surface area (Å²) in [6.45, 7) is 5.16. The van der Waals surface area contributed by atoms with Gasteiger partial charge >= 0.3 is 7.60 Å². The molecular weight excluding hydrogens is 629 g/mol. The Balaban J connectivity index is 1.25. The highest BCUT2D eigenvalue weighted by atomic mass is 33.1. The summed E-state index contributed by atoms with van der Waals surface area (Å²) in [5.74, 6) is 0.571. The molecule has 0 radical (unpaired) electrons. The lowest BCUT2D eigenvalue weighted by Crippen LogP contribution is -2.33. The van der Waals surface area contributed by atoms with E-state index in [1.165, 1.54) is 6.66 Å². The Morgan fingerprint density at radius 2 is 1.58 bits per heavy atom. The summed E-state index contributed by atoms with van der Waals surface area (Å²) in [6.07, 6.45) is 9.04. The van der Waals surface area contributed by atoms with Crippen LogP contribution in [0.3, 0.4) is 0 Å². The summed E-state index contributed by atoms with van der Waals surface area (Å²) in [5, 5.41) is 6.18. The Kier molecular flexibility index (Phi) is 16.3. The lowest BCUT2D eigenvalue weighted by Gasteiger charge is -2.27. The highest BCUT2D eigenvalue weighted by Gasteiger charge is 2.21. The Labute approximate surface area is 275 Å². The molecule has 1 aliphatic rings. The van der Waals surface area contributed by atoms with Gasteiger partial charge in [0.05, 0.1) is 18.8 Å². The van der Waals surface area contributed by atoms with E-state index in [-0.39, 0.29) is 37.2 Å². The van der Waals surface area contributed by atoms with E-state index in [2.05, 4.69) is 23.6 Å². The van der Waals surface area contributed by atoms with Crippen LogP contribution in [0.1, 0.15) is 75.0 Å². The first-order valence-corrected chi connectivity index (χ1v) is 19.9. The molecule has 0 saturated carbocycles. The highest BCUT2D eigenvalue weighted by molar-refractivity contribution is 8.76. The number of anilines is 1. The fourth-order valence-electron chi connectivity index (χ4n) is 4.73. The van der Waals surface area contributed by atoms with Crippen molar-refractivity contribution in [3.63, 3.8) is 0 Å². The van der Waals surface area contributed by atoms with Gasteiger partial charge in [0.1, 0.15) is 0 Å². The van der Waals surface area contributed by atoms with E-state index in [4.69, 9.17) is 9.42 Å². The molecular formula is C33H46N3O6PS2. The summed E-state index contributed by atoms with van der Waals surface area (Å²) in [6, 6.07) is 15.9. The molecule has 3 rings (SSSR count). The van der Waals surface area contributed by atoms with Crippen LogP contribution in [0.2, 0.25) is 0 Å². The minimum Gasteiger partial charge on any atom is -0.356 e. The van der Waals surface area contributed by atoms with Crippen LogP contribution in [-0.2, 0) is 30.0 Å². The fourth-order valence-corrected chi connectivity index (χ4v) is 7.45. The van der Waals surface area contributed by atoms with Crippen molar-refractivity contribution >= 4 is 64.7 Å². The normalized spacial score (nSPS) is 15.0. The van der Waals surface area contributed by atoms with Gasteiger partial charge < -0.3 is 25.0 Å². The molecule has 2 atom stereocenters. The topological polar surface area (TPSA) is 125 Å². The number of nitrogens with one attached hydrogen (secondary N) is 2. The number of carbonyl (C=O) groups is 3. The number of para-hydroxylation sites is 1. The number of nitrogens with zero attached hydrogens (tertiary/aromatic N) is 1. The van der Waals surface area contributed by atoms with Crippen molar-refractivity contribution in [2.75, 3.05) is 37.0 Å². The molecule has 9 nitrogen and oxygen atoms in total. The number of carbonyl (C=O) groups excluding carboxylic acids is 3. The summed E-state index contributed by atoms with van der Waals surface area (Å²) >= 11 is 0. The van der Waals surface area contributed by atoms with Crippen molar-refractivity contribution in [3.05, 3.63) is 65.2 Å². The second-order valence-electron chi connectivity index (χ2n) is 11.1. The second kappa shape index (κ2) is 19.8. The van der Waals surface area contributed by atoms with E-state index >= 15 is 0 Å². The molecule has 0 aromatic heterocycles. The highest BCUT2D eigenvalue weighted by Crippen LogP contribution is 2.36. The first kappa shape index (κ1) is 36.9. The van der Waals surface area contributed by atoms with Gasteiger partial charge in [0.15, 0.2) is 0 Å². The maximum absolute atomic E-state index is 13.3. The Morgan fingerprint density at radius 1 is 0.911 bits per heavy atom. The molecule has 2 unspecified atom stereocenters. The maximum Gasteiger partial charge on any atom is 0.325 e. The lowest BCUT2D eigenvalue weighted by molar-refractivity contribution is -0.125. The van der Waals surface area contributed by atoms with Crippen molar-refractivity contribution < 1.29 is 28.4 Å². The molecule has 2 aromatic carbocycles. The molecule has 12 heteroatoms. The number of amides is 3. The third kappa shape index (κ3) is 14.6. The summed E-state index contributed by atoms with van der Waals surface area (Å²) < 4.78 is 15.9. The quantitative estimate of drug-likeness (QED) is 0.0858. The van der Waals surface area contributed by atoms with Crippen molar-refractivity contribution in [1.29, 1.82) is 0 Å². The zero-order valence-corrected chi connectivity index (χ0v) is 28.8. The van der Waals surface area contributed by atoms with Crippen LogP contribution in [0.15, 0.2) is 48.5 Å². The molecule has 3 amide bonds. The predicted octanol–water partition coefficient (Wildman–Crippen LogP) is 6.66. The van der Waals surface area contributed by atoms with Gasteiger partial charge in [0.2, 0.25) is 17.7 Å². The monoisotopic (exact) mass is 675 g/mol. The number of hydrogen-bond donors (Lipinski definition) is 3. The molecule has 45 heavy (non-hydrogen) atoms. The van der Waals surface area contributed by atoms with Crippen LogP contribution in [-0.4, -0.2) is 60.0 Å². The molecule has 0 spiro atoms. The van der Waals surface area contributed by atoms with Crippen LogP contribution >= 0.6 is 29.2 Å². The molecule has 0 fully saturated rings. The smallest absolute Gasteiger partial charge is 0.325 e. The van der Waals surface area contributed by atoms with Gasteiger partial charge in [-0.25, -0.2) is 0 Å². The average molecular weight is 676 g/mol. The molecule has 2 aromatic rings. The lowest BCUT2D eigenvalue weighted by atomic mass is 10.0. The molecule has 0 aliphatic carbocycles. The first-order chi connectivity index (χ1) is 21.6. The third-order valence-electron chi connectivity index (χ3n) is 7.16. The van der Waals surface area contributed by atoms with Crippen LogP contribution in [0.4, 0.5) is 5.69 Å². The van der Waals surface area contributed by atoms with Crippen molar-refractivity contribution in [3.8, 4) is 0 Å². The van der Waals surface area contributed by atoms with Gasteiger partial charge in [-0.15, -0.1) is 0 Å². The van der Waals surface area contributed by atoms with Crippen molar-refractivity contribution in [2.45, 2.75) is 70.1 Å². The van der Waals surface area contributed by atoms with Crippen LogP contribution < -0.4 is 15.5 Å². The number of unbranched alkanes of at least 4 members (excludes halogenated alkanes) is 3. The second-order valence-corrected chi connectivity index (χ2v) is 15.9. The summed E-state index contributed by atoms with van der Waals surface area (Å²) in [7, 11) is -0.00894. The Bertz CT molecular complexity index is 1340. The van der Waals surface area contributed by atoms with Gasteiger partial charge in [-0.2, -0.15) is 0 Å². The van der Waals surface area contributed by atoms with E-state index in [1.54, 1.807) is 26.5 Å². The minimum atomic E-state index is -3.39. The van der Waals surface area contributed by atoms with Gasteiger partial charge in [-0.1, -0.05) is 96.0 Å². The number of rotatable bonds is 19. The average Bonchev–Trinajstić information content (AvgIpc) is 3.00. The van der Waals surface area contributed by atoms with Crippen LogP contribution in [0.5, 0.6) is 0 Å². The van der Waals surface area contributed by atoms with Crippen LogP contribution in [0.25, 0.3) is 12.2 Å². The Hall–Kier alpha value is -2.56. The zero-order valence-electron chi connectivity index (χ0n) is 26.2. The molecule has 246 valence electrons. The maximum atomic E-state index is 13.3. The molecule has 3 N–H and O–H groups in total. The zero-order chi connectivity index (χ0) is 32.5. The van der Waals surface area contributed by atoms with Gasteiger partial charge in [-0.05, 0) is 42.0 Å². The van der Waals surface area contributed by atoms with Crippen LogP contribution in [0, 0.1) is 0 Å². The SMILES string of the molecule is CC(CCC(=O)NCCCCCCOP(C)(=O)O)SSCCNC(=O)CCC(=O)N1Cc2ccccc2/C=C\c2ccccc21. The third-order valence-corrected chi connectivity index (χ3v) is 10.8. The number of fused-ring (bicyclic) bond motifs is 2. The largest absolute Gasteiger partial charge is 0.356 e. The molecule has 1 heterocycles. The number of benzene rings is 2. The van der Waals surface area contributed by atoms with Crippen molar-refractivity contribution in [2.24, 2.45) is 0 Å². The van der Waals surface area contributed by atoms with Crippen molar-refractivity contribution in [1.82, 2.24) is 10.6 Å². The molecule has 0 bridgehead atoms. The van der Waals surface area contributed by atoms with E-state index in [1.807, 2.05) is 54.6 Å². The van der Waals surface area contributed by atoms with E-state index in [0.29, 0.717) is 31.3 Å². The van der Waals surface area contributed by atoms with E-state index in [9.17, 15) is 18.9 Å². The predicted molar refractivity (Wildman–Crippen MR) is 187 cm³/mol. The van der Waals surface area contributed by atoms with E-state index < -0.39 is 7.60 Å². The number of hydrogen-bond acceptors (Lipinski definition) is 7. The van der Waals surface area contributed by atoms with Gasteiger partial charge in [-0.3, -0.25) is 18.9 Å². The standard InChI is InChI=1S/C33H46N3O6PS2/c1-26(15-18-31(37)34-21-9-3-4-10-23-42-43(2,40)41)45-44-24-22-35-32(38)19-20-33(39)36-25-29-13-6-5-11-27(29)16-17-28-12-7-8-14-30(28)36/h5-8,11-14,16-17,26H,3-4,9-10,15,18-25H2,1-2H3,(H,34,37)(H,35,38)(H,40,41)/b17-16-. The first-order valence-electron chi connectivity index (χ1n) is 15.5.